The van der Waals surface area contributed by atoms with Crippen molar-refractivity contribution in [3.05, 3.63) is 0 Å². The predicted octanol–water partition coefficient (Wildman–Crippen LogP) is 6.14. The number of carbonyl (C=O) groups is 2. The molecule has 6 atom stereocenters. The van der Waals surface area contributed by atoms with E-state index in [4.69, 9.17) is 9.47 Å². The van der Waals surface area contributed by atoms with E-state index in [0.29, 0.717) is 11.8 Å². The maximum absolute atomic E-state index is 12.2. The Kier molecular flexibility index (Phi) is 4.27. The maximum Gasteiger partial charge on any atom is 0.452 e. The van der Waals surface area contributed by atoms with E-state index in [0.717, 1.165) is 25.7 Å². The summed E-state index contributed by atoms with van der Waals surface area (Å²) in [5.41, 5.74) is 0.231. The van der Waals surface area contributed by atoms with Crippen molar-refractivity contribution in [1.82, 2.24) is 0 Å². The van der Waals surface area contributed by atoms with Gasteiger partial charge in [-0.25, -0.2) is 9.59 Å². The van der Waals surface area contributed by atoms with Gasteiger partial charge in [0.2, 0.25) is 0 Å². The highest BCUT2D eigenvalue weighted by atomic mass is 16.6. The standard InChI is InChI=1S/C22H34N2O4/c1-19(2)13-7-9-21(19,5)15(11-13)27-17(25)23-24-18(26)28-16-12-14-8-10-22(16,6)20(14,3)4/h13-16H,7-12H2,1-6H3/t13-,14-,15+,16+,21-,22-/m0/s1. The van der Waals surface area contributed by atoms with Crippen LogP contribution >= 0.6 is 0 Å². The number of ether oxygens (including phenoxy) is 2. The van der Waals surface area contributed by atoms with Gasteiger partial charge in [-0.2, -0.15) is 0 Å². The molecule has 156 valence electrons. The minimum absolute atomic E-state index is 0.0351. The Morgan fingerprint density at radius 1 is 0.714 bits per heavy atom. The Bertz CT molecular complexity index is 670. The summed E-state index contributed by atoms with van der Waals surface area (Å²) < 4.78 is 11.2. The highest BCUT2D eigenvalue weighted by Crippen LogP contribution is 2.67. The normalized spacial score (nSPS) is 44.9. The molecule has 4 rings (SSSR count). The molecule has 0 aliphatic heterocycles. The van der Waals surface area contributed by atoms with Crippen molar-refractivity contribution in [3.63, 3.8) is 0 Å². The van der Waals surface area contributed by atoms with Crippen LogP contribution in [0.2, 0.25) is 0 Å². The second kappa shape index (κ2) is 6.02. The first-order valence-corrected chi connectivity index (χ1v) is 10.7. The molecule has 6 nitrogen and oxygen atoms in total. The van der Waals surface area contributed by atoms with Crippen LogP contribution in [0.3, 0.4) is 0 Å². The molecule has 4 bridgehead atoms. The van der Waals surface area contributed by atoms with Gasteiger partial charge in [0, 0.05) is 10.8 Å². The second-order valence-corrected chi connectivity index (χ2v) is 11.2. The summed E-state index contributed by atoms with van der Waals surface area (Å²) in [4.78, 5) is 24.3. The third-order valence-electron chi connectivity index (χ3n) is 10.1. The number of rotatable bonds is 2. The van der Waals surface area contributed by atoms with Crippen molar-refractivity contribution < 1.29 is 19.1 Å². The van der Waals surface area contributed by atoms with Crippen LogP contribution in [0.25, 0.3) is 0 Å². The van der Waals surface area contributed by atoms with Gasteiger partial charge in [0.1, 0.15) is 12.2 Å². The number of carbonyl (C=O) groups excluding carboxylic acids is 2. The summed E-state index contributed by atoms with van der Waals surface area (Å²) in [6.45, 7) is 13.4. The van der Waals surface area contributed by atoms with Gasteiger partial charge in [-0.15, -0.1) is 0 Å². The van der Waals surface area contributed by atoms with Gasteiger partial charge in [-0.1, -0.05) is 51.8 Å². The van der Waals surface area contributed by atoms with Crippen LogP contribution in [0.5, 0.6) is 0 Å². The highest BCUT2D eigenvalue weighted by molar-refractivity contribution is 5.73. The molecule has 0 aromatic rings. The SMILES string of the molecule is CC1(C)[C@H]2CC[C@@]1(C)[C@H](OC(=O)N=NC(=O)O[C@@H]1C[C@@H]3CC[C@]1(C)C3(C)C)C2. The molecule has 4 aliphatic carbocycles. The first-order chi connectivity index (χ1) is 12.9. The number of fused-ring (bicyclic) bond motifs is 4. The first-order valence-electron chi connectivity index (χ1n) is 10.7. The van der Waals surface area contributed by atoms with Crippen molar-refractivity contribution in [1.29, 1.82) is 0 Å². The average Bonchev–Trinajstić information content (AvgIpc) is 3.12. The van der Waals surface area contributed by atoms with Gasteiger partial charge >= 0.3 is 12.2 Å². The lowest BCUT2D eigenvalue weighted by Gasteiger charge is -2.38. The smallest absolute Gasteiger partial charge is 0.443 e. The molecule has 0 saturated heterocycles. The topological polar surface area (TPSA) is 77.3 Å². The third kappa shape index (κ3) is 2.51. The van der Waals surface area contributed by atoms with E-state index < -0.39 is 12.2 Å². The van der Waals surface area contributed by atoms with E-state index in [-0.39, 0.29) is 33.9 Å². The minimum atomic E-state index is -0.786. The van der Waals surface area contributed by atoms with Gasteiger partial charge in [-0.05, 0) is 61.2 Å². The van der Waals surface area contributed by atoms with E-state index in [1.807, 2.05) is 0 Å². The van der Waals surface area contributed by atoms with Gasteiger partial charge in [0.05, 0.1) is 0 Å². The fourth-order valence-electron chi connectivity index (χ4n) is 6.99. The van der Waals surface area contributed by atoms with Crippen molar-refractivity contribution in [2.75, 3.05) is 0 Å². The van der Waals surface area contributed by atoms with Crippen LogP contribution < -0.4 is 0 Å². The lowest BCUT2D eigenvalue weighted by Crippen LogP contribution is -2.38. The molecule has 2 amide bonds. The molecule has 0 aromatic carbocycles. The number of nitrogens with zero attached hydrogens (tertiary/aromatic N) is 2. The monoisotopic (exact) mass is 390 g/mol. The Hall–Kier alpha value is -1.46. The first kappa shape index (κ1) is 19.8. The van der Waals surface area contributed by atoms with Crippen LogP contribution in [0, 0.1) is 33.5 Å². The average molecular weight is 391 g/mol. The van der Waals surface area contributed by atoms with E-state index in [2.05, 4.69) is 51.8 Å². The van der Waals surface area contributed by atoms with Gasteiger partial charge in [-0.3, -0.25) is 0 Å². The number of amides is 2. The summed E-state index contributed by atoms with van der Waals surface area (Å²) in [5, 5.41) is 7.01. The summed E-state index contributed by atoms with van der Waals surface area (Å²) in [5.74, 6) is 1.14. The zero-order valence-corrected chi connectivity index (χ0v) is 18.1. The zero-order valence-electron chi connectivity index (χ0n) is 18.1. The Morgan fingerprint density at radius 2 is 1.07 bits per heavy atom. The van der Waals surface area contributed by atoms with E-state index >= 15 is 0 Å². The van der Waals surface area contributed by atoms with Crippen LogP contribution in [0.1, 0.15) is 80.1 Å². The summed E-state index contributed by atoms with van der Waals surface area (Å²) in [6, 6.07) is 0. The molecule has 0 radical (unpaired) electrons. The van der Waals surface area contributed by atoms with Crippen LogP contribution in [0.4, 0.5) is 9.59 Å². The quantitative estimate of drug-likeness (QED) is 0.530. The second-order valence-electron chi connectivity index (χ2n) is 11.2. The molecule has 4 aliphatic rings. The van der Waals surface area contributed by atoms with Gasteiger partial charge in [0.25, 0.3) is 0 Å². The van der Waals surface area contributed by atoms with E-state index in [1.165, 1.54) is 12.8 Å². The van der Waals surface area contributed by atoms with Crippen LogP contribution in [0.15, 0.2) is 10.2 Å². The van der Waals surface area contributed by atoms with Gasteiger partial charge < -0.3 is 9.47 Å². The number of hydrogen-bond donors (Lipinski definition) is 0. The van der Waals surface area contributed by atoms with Crippen LogP contribution in [-0.2, 0) is 9.47 Å². The summed E-state index contributed by atoms with van der Waals surface area (Å²) >= 11 is 0. The lowest BCUT2D eigenvalue weighted by molar-refractivity contribution is -0.00458. The number of hydrogen-bond acceptors (Lipinski definition) is 4. The molecule has 4 saturated carbocycles. The predicted molar refractivity (Wildman–Crippen MR) is 104 cm³/mol. The zero-order chi connectivity index (χ0) is 20.5. The Morgan fingerprint density at radius 3 is 1.32 bits per heavy atom. The van der Waals surface area contributed by atoms with Crippen molar-refractivity contribution in [2.24, 2.45) is 43.7 Å². The molecular formula is C22H34N2O4. The molecule has 0 unspecified atom stereocenters. The minimum Gasteiger partial charge on any atom is -0.443 e. The molecule has 4 fully saturated rings. The van der Waals surface area contributed by atoms with Crippen molar-refractivity contribution in [3.8, 4) is 0 Å². The van der Waals surface area contributed by atoms with Crippen LogP contribution in [-0.4, -0.2) is 24.4 Å². The maximum atomic E-state index is 12.2. The number of azo groups is 1. The third-order valence-corrected chi connectivity index (χ3v) is 10.1. The molecular weight excluding hydrogens is 356 g/mol. The summed E-state index contributed by atoms with van der Waals surface area (Å²) in [6.07, 6.45) is 4.32. The fraction of sp³-hybridized carbons (Fsp3) is 0.909. The highest BCUT2D eigenvalue weighted by Gasteiger charge is 2.64. The molecule has 0 aromatic heterocycles. The molecule has 0 N–H and O–H groups in total. The molecule has 6 heteroatoms. The Labute approximate surface area is 167 Å². The largest absolute Gasteiger partial charge is 0.452 e. The van der Waals surface area contributed by atoms with E-state index in [9.17, 15) is 9.59 Å². The fourth-order valence-corrected chi connectivity index (χ4v) is 6.99. The van der Waals surface area contributed by atoms with Crippen molar-refractivity contribution in [2.45, 2.75) is 92.3 Å². The molecule has 0 spiro atoms. The van der Waals surface area contributed by atoms with Gasteiger partial charge in [0.15, 0.2) is 0 Å². The summed E-state index contributed by atoms with van der Waals surface area (Å²) in [7, 11) is 0. The van der Waals surface area contributed by atoms with Crippen molar-refractivity contribution >= 4 is 12.2 Å². The lowest BCUT2D eigenvalue weighted by atomic mass is 9.70. The molecule has 0 heterocycles. The molecule has 28 heavy (non-hydrogen) atoms. The Balaban J connectivity index is 1.33. The van der Waals surface area contributed by atoms with E-state index in [1.54, 1.807) is 0 Å².